The standard InChI is InChI=1S/C20H16F3N3O2.C2H6/c21-20(22,23)13-7-5-12(6-8-13)17-9-14(24-11-25-17)10-26-18(27)15-3-1-2-4-16(15)19(26)28;1-2/h1-5,9,11,13H,6-8,10H2;1-2H3. The second kappa shape index (κ2) is 8.77. The van der Waals surface area contributed by atoms with Crippen LogP contribution < -0.4 is 0 Å². The topological polar surface area (TPSA) is 63.2 Å². The fraction of sp³-hybridized carbons (Fsp3) is 0.364. The fourth-order valence-corrected chi connectivity index (χ4v) is 3.57. The molecular formula is C22H22F3N3O2. The number of imide groups is 1. The van der Waals surface area contributed by atoms with E-state index >= 15 is 0 Å². The molecular weight excluding hydrogens is 395 g/mol. The Labute approximate surface area is 172 Å². The molecule has 1 atom stereocenters. The molecule has 8 heteroatoms. The highest BCUT2D eigenvalue weighted by Crippen LogP contribution is 2.39. The molecule has 158 valence electrons. The number of allylic oxidation sites excluding steroid dienone is 2. The van der Waals surface area contributed by atoms with Gasteiger partial charge in [-0.1, -0.05) is 32.1 Å². The molecule has 5 nitrogen and oxygen atoms in total. The van der Waals surface area contributed by atoms with E-state index in [-0.39, 0.29) is 37.6 Å². The third-order valence-electron chi connectivity index (χ3n) is 5.12. The van der Waals surface area contributed by atoms with Gasteiger partial charge in [0.05, 0.1) is 35.0 Å². The van der Waals surface area contributed by atoms with Crippen molar-refractivity contribution in [3.05, 3.63) is 65.2 Å². The largest absolute Gasteiger partial charge is 0.392 e. The number of rotatable bonds is 3. The van der Waals surface area contributed by atoms with Crippen LogP contribution in [0.15, 0.2) is 42.7 Å². The van der Waals surface area contributed by atoms with E-state index in [0.717, 1.165) is 10.5 Å². The molecule has 0 saturated heterocycles. The van der Waals surface area contributed by atoms with Gasteiger partial charge < -0.3 is 0 Å². The summed E-state index contributed by atoms with van der Waals surface area (Å²) < 4.78 is 38.5. The Hall–Kier alpha value is -3.03. The number of alkyl halides is 3. The lowest BCUT2D eigenvalue weighted by molar-refractivity contribution is -0.175. The van der Waals surface area contributed by atoms with E-state index in [1.54, 1.807) is 36.4 Å². The van der Waals surface area contributed by atoms with Crippen molar-refractivity contribution in [3.8, 4) is 0 Å². The molecule has 30 heavy (non-hydrogen) atoms. The van der Waals surface area contributed by atoms with Crippen LogP contribution in [-0.4, -0.2) is 32.9 Å². The summed E-state index contributed by atoms with van der Waals surface area (Å²) in [5.74, 6) is -2.09. The Bertz CT molecular complexity index is 951. The lowest BCUT2D eigenvalue weighted by Crippen LogP contribution is -2.29. The SMILES string of the molecule is CC.O=C1c2ccccc2C(=O)N1Cc1cc(C2=CCC(C(F)(F)F)CC2)ncn1. The van der Waals surface area contributed by atoms with E-state index in [0.29, 0.717) is 22.5 Å². The van der Waals surface area contributed by atoms with Crippen molar-refractivity contribution in [2.45, 2.75) is 45.8 Å². The zero-order valence-corrected chi connectivity index (χ0v) is 16.7. The molecule has 1 aliphatic carbocycles. The number of amides is 2. The highest BCUT2D eigenvalue weighted by molar-refractivity contribution is 6.21. The summed E-state index contributed by atoms with van der Waals surface area (Å²) >= 11 is 0. The van der Waals surface area contributed by atoms with E-state index < -0.39 is 12.1 Å². The number of carbonyl (C=O) groups is 2. The van der Waals surface area contributed by atoms with Gasteiger partial charge in [-0.25, -0.2) is 9.97 Å². The number of nitrogens with zero attached hydrogens (tertiary/aromatic N) is 3. The maximum Gasteiger partial charge on any atom is 0.392 e. The number of aromatic nitrogens is 2. The minimum Gasteiger partial charge on any atom is -0.269 e. The van der Waals surface area contributed by atoms with Crippen LogP contribution in [-0.2, 0) is 6.54 Å². The number of hydrogen-bond donors (Lipinski definition) is 0. The molecule has 2 aliphatic rings. The minimum atomic E-state index is -4.19. The maximum atomic E-state index is 12.8. The molecule has 1 unspecified atom stereocenters. The van der Waals surface area contributed by atoms with Gasteiger partial charge in [-0.15, -0.1) is 0 Å². The van der Waals surface area contributed by atoms with Gasteiger partial charge in [-0.05, 0) is 43.0 Å². The second-order valence-electron chi connectivity index (χ2n) is 6.88. The first-order valence-corrected chi connectivity index (χ1v) is 9.87. The Morgan fingerprint density at radius 2 is 1.70 bits per heavy atom. The van der Waals surface area contributed by atoms with Crippen molar-refractivity contribution < 1.29 is 22.8 Å². The van der Waals surface area contributed by atoms with Crippen LogP contribution in [0.2, 0.25) is 0 Å². The smallest absolute Gasteiger partial charge is 0.269 e. The molecule has 4 rings (SSSR count). The summed E-state index contributed by atoms with van der Waals surface area (Å²) in [4.78, 5) is 34.3. The van der Waals surface area contributed by atoms with E-state index in [1.165, 1.54) is 6.33 Å². The Kier molecular flexibility index (Phi) is 6.34. The Morgan fingerprint density at radius 3 is 2.23 bits per heavy atom. The number of benzene rings is 1. The maximum absolute atomic E-state index is 12.8. The normalized spacial score (nSPS) is 18.5. The molecule has 0 radical (unpaired) electrons. The number of hydrogen-bond acceptors (Lipinski definition) is 4. The summed E-state index contributed by atoms with van der Waals surface area (Å²) in [5, 5.41) is 0. The van der Waals surface area contributed by atoms with Crippen molar-refractivity contribution in [3.63, 3.8) is 0 Å². The molecule has 0 spiro atoms. The van der Waals surface area contributed by atoms with E-state index in [2.05, 4.69) is 9.97 Å². The van der Waals surface area contributed by atoms with Crippen molar-refractivity contribution in [1.29, 1.82) is 0 Å². The van der Waals surface area contributed by atoms with Gasteiger partial charge in [0.1, 0.15) is 6.33 Å². The van der Waals surface area contributed by atoms with Crippen LogP contribution in [0.25, 0.3) is 5.57 Å². The monoisotopic (exact) mass is 417 g/mol. The van der Waals surface area contributed by atoms with Crippen molar-refractivity contribution in [2.75, 3.05) is 0 Å². The van der Waals surface area contributed by atoms with Crippen LogP contribution in [0.3, 0.4) is 0 Å². The average molecular weight is 417 g/mol. The zero-order valence-electron chi connectivity index (χ0n) is 16.7. The van der Waals surface area contributed by atoms with Gasteiger partial charge in [-0.2, -0.15) is 13.2 Å². The zero-order chi connectivity index (χ0) is 21.9. The first kappa shape index (κ1) is 21.7. The van der Waals surface area contributed by atoms with Crippen molar-refractivity contribution in [2.24, 2.45) is 5.92 Å². The molecule has 1 aliphatic heterocycles. The van der Waals surface area contributed by atoms with Gasteiger partial charge in [-0.3, -0.25) is 14.5 Å². The second-order valence-corrected chi connectivity index (χ2v) is 6.88. The first-order chi connectivity index (χ1) is 14.3. The van der Waals surface area contributed by atoms with E-state index in [1.807, 2.05) is 13.8 Å². The molecule has 1 aromatic carbocycles. The number of carbonyl (C=O) groups excluding carboxylic acids is 2. The Morgan fingerprint density at radius 1 is 1.07 bits per heavy atom. The molecule has 0 saturated carbocycles. The Balaban J connectivity index is 0.00000124. The summed E-state index contributed by atoms with van der Waals surface area (Å²) in [5.41, 5.74) is 2.43. The van der Waals surface area contributed by atoms with Crippen LogP contribution in [0, 0.1) is 5.92 Å². The minimum absolute atomic E-state index is 0.0136. The van der Waals surface area contributed by atoms with Gasteiger partial charge in [0.25, 0.3) is 11.8 Å². The van der Waals surface area contributed by atoms with Crippen molar-refractivity contribution in [1.82, 2.24) is 14.9 Å². The van der Waals surface area contributed by atoms with Crippen LogP contribution in [0.5, 0.6) is 0 Å². The predicted octanol–water partition coefficient (Wildman–Crippen LogP) is 5.04. The van der Waals surface area contributed by atoms with Crippen molar-refractivity contribution >= 4 is 17.4 Å². The highest BCUT2D eigenvalue weighted by Gasteiger charge is 2.40. The molecule has 0 bridgehead atoms. The van der Waals surface area contributed by atoms with E-state index in [4.69, 9.17) is 0 Å². The summed E-state index contributed by atoms with van der Waals surface area (Å²) in [6, 6.07) is 8.22. The lowest BCUT2D eigenvalue weighted by atomic mass is 9.88. The third-order valence-corrected chi connectivity index (χ3v) is 5.12. The summed E-state index contributed by atoms with van der Waals surface area (Å²) in [6.45, 7) is 3.99. The predicted molar refractivity (Wildman–Crippen MR) is 105 cm³/mol. The van der Waals surface area contributed by atoms with Crippen LogP contribution in [0.4, 0.5) is 13.2 Å². The summed E-state index contributed by atoms with van der Waals surface area (Å²) in [7, 11) is 0. The molecule has 0 N–H and O–H groups in total. The average Bonchev–Trinajstić information content (AvgIpc) is 3.00. The number of fused-ring (bicyclic) bond motifs is 1. The van der Waals surface area contributed by atoms with Gasteiger partial charge >= 0.3 is 6.18 Å². The van der Waals surface area contributed by atoms with Gasteiger partial charge in [0, 0.05) is 0 Å². The molecule has 0 fully saturated rings. The third kappa shape index (κ3) is 4.27. The lowest BCUT2D eigenvalue weighted by Gasteiger charge is -2.24. The highest BCUT2D eigenvalue weighted by atomic mass is 19.4. The summed E-state index contributed by atoms with van der Waals surface area (Å²) in [6.07, 6.45) is -1.10. The fourth-order valence-electron chi connectivity index (χ4n) is 3.57. The molecule has 2 amide bonds. The number of halogens is 3. The van der Waals surface area contributed by atoms with E-state index in [9.17, 15) is 22.8 Å². The first-order valence-electron chi connectivity index (χ1n) is 9.87. The van der Waals surface area contributed by atoms with Crippen LogP contribution in [0.1, 0.15) is 65.2 Å². The molecule has 2 heterocycles. The molecule has 2 aromatic rings. The van der Waals surface area contributed by atoms with Gasteiger partial charge in [0.15, 0.2) is 0 Å². The quantitative estimate of drug-likeness (QED) is 0.656. The van der Waals surface area contributed by atoms with Crippen LogP contribution >= 0.6 is 0 Å². The van der Waals surface area contributed by atoms with Gasteiger partial charge in [0.2, 0.25) is 0 Å². The molecule has 1 aromatic heterocycles.